The van der Waals surface area contributed by atoms with Crippen molar-refractivity contribution in [3.63, 3.8) is 0 Å². The van der Waals surface area contributed by atoms with Gasteiger partial charge in [-0.1, -0.05) is 18.0 Å². The maximum absolute atomic E-state index is 6.17. The molecule has 0 radical (unpaired) electrons. The molecule has 0 aromatic carbocycles. The molecular formula is C12H20ClN3O. The first-order valence-corrected chi connectivity index (χ1v) is 6.51. The summed E-state index contributed by atoms with van der Waals surface area (Å²) in [6.45, 7) is 3.21. The van der Waals surface area contributed by atoms with Crippen LogP contribution in [0.1, 0.15) is 30.5 Å². The van der Waals surface area contributed by atoms with Crippen LogP contribution in [0.5, 0.6) is 0 Å². The highest BCUT2D eigenvalue weighted by atomic mass is 35.5. The molecular weight excluding hydrogens is 238 g/mol. The summed E-state index contributed by atoms with van der Waals surface area (Å²) in [6.07, 6.45) is 3.79. The number of aromatic nitrogens is 2. The topological polar surface area (TPSA) is 53.1 Å². The molecule has 2 rings (SSSR count). The number of halogens is 1. The van der Waals surface area contributed by atoms with Crippen LogP contribution in [0.25, 0.3) is 0 Å². The molecule has 4 nitrogen and oxygen atoms in total. The summed E-state index contributed by atoms with van der Waals surface area (Å²) in [6, 6.07) is 0. The number of aryl methyl sites for hydroxylation is 2. The Balaban J connectivity index is 1.97. The van der Waals surface area contributed by atoms with E-state index >= 15 is 0 Å². The molecule has 0 aliphatic heterocycles. The van der Waals surface area contributed by atoms with E-state index in [0.29, 0.717) is 24.2 Å². The zero-order valence-electron chi connectivity index (χ0n) is 10.4. The van der Waals surface area contributed by atoms with Crippen LogP contribution in [-0.4, -0.2) is 22.4 Å². The summed E-state index contributed by atoms with van der Waals surface area (Å²) in [5, 5.41) is 4.95. The van der Waals surface area contributed by atoms with Crippen LogP contribution in [0.15, 0.2) is 0 Å². The number of ether oxygens (including phenoxy) is 1. The zero-order valence-corrected chi connectivity index (χ0v) is 11.2. The van der Waals surface area contributed by atoms with Gasteiger partial charge in [0.15, 0.2) is 0 Å². The molecule has 2 unspecified atom stereocenters. The van der Waals surface area contributed by atoms with Gasteiger partial charge in [-0.15, -0.1) is 0 Å². The number of hydrogen-bond acceptors (Lipinski definition) is 3. The minimum absolute atomic E-state index is 0.288. The Labute approximate surface area is 107 Å². The van der Waals surface area contributed by atoms with Crippen molar-refractivity contribution in [2.75, 3.05) is 6.54 Å². The second-order valence-corrected chi connectivity index (χ2v) is 5.11. The summed E-state index contributed by atoms with van der Waals surface area (Å²) >= 11 is 6.17. The molecule has 0 bridgehead atoms. The molecule has 1 aromatic rings. The molecule has 2 N–H and O–H groups in total. The largest absolute Gasteiger partial charge is 0.373 e. The number of hydrogen-bond donors (Lipinski definition) is 1. The molecule has 5 heteroatoms. The second kappa shape index (κ2) is 5.38. The number of nitrogens with two attached hydrogens (primary N) is 1. The Morgan fingerprint density at radius 2 is 2.29 bits per heavy atom. The van der Waals surface area contributed by atoms with Crippen LogP contribution < -0.4 is 5.73 Å². The quantitative estimate of drug-likeness (QED) is 0.898. The summed E-state index contributed by atoms with van der Waals surface area (Å²) in [5.74, 6) is 0.505. The first-order valence-electron chi connectivity index (χ1n) is 6.13. The van der Waals surface area contributed by atoms with Gasteiger partial charge in [0.25, 0.3) is 0 Å². The van der Waals surface area contributed by atoms with Gasteiger partial charge >= 0.3 is 0 Å². The number of rotatable bonds is 4. The summed E-state index contributed by atoms with van der Waals surface area (Å²) in [4.78, 5) is 0. The van der Waals surface area contributed by atoms with Crippen LogP contribution >= 0.6 is 11.6 Å². The fourth-order valence-corrected chi connectivity index (χ4v) is 2.75. The Morgan fingerprint density at radius 1 is 1.53 bits per heavy atom. The molecule has 96 valence electrons. The molecule has 1 saturated carbocycles. The highest BCUT2D eigenvalue weighted by molar-refractivity contribution is 6.30. The predicted octanol–water partition coefficient (Wildman–Crippen LogP) is 2.03. The fraction of sp³-hybridized carbons (Fsp3) is 0.750. The van der Waals surface area contributed by atoms with Crippen molar-refractivity contribution in [2.45, 2.75) is 38.9 Å². The molecule has 0 amide bonds. The van der Waals surface area contributed by atoms with E-state index in [-0.39, 0.29) is 6.10 Å². The predicted molar refractivity (Wildman–Crippen MR) is 67.9 cm³/mol. The van der Waals surface area contributed by atoms with Crippen molar-refractivity contribution < 1.29 is 4.74 Å². The van der Waals surface area contributed by atoms with Gasteiger partial charge < -0.3 is 10.5 Å². The lowest BCUT2D eigenvalue weighted by Gasteiger charge is -2.18. The van der Waals surface area contributed by atoms with Crippen molar-refractivity contribution in [3.05, 3.63) is 16.4 Å². The van der Waals surface area contributed by atoms with E-state index in [1.54, 1.807) is 4.68 Å². The minimum Gasteiger partial charge on any atom is -0.373 e. The zero-order chi connectivity index (χ0) is 12.4. The summed E-state index contributed by atoms with van der Waals surface area (Å²) in [7, 11) is 1.84. The number of nitrogens with zero attached hydrogens (tertiary/aromatic N) is 2. The lowest BCUT2D eigenvalue weighted by atomic mass is 10.1. The minimum atomic E-state index is 0.288. The van der Waals surface area contributed by atoms with Crippen molar-refractivity contribution in [2.24, 2.45) is 18.7 Å². The lowest BCUT2D eigenvalue weighted by Crippen LogP contribution is -2.25. The first-order chi connectivity index (χ1) is 8.13. The molecule has 1 aliphatic rings. The van der Waals surface area contributed by atoms with Crippen LogP contribution in [0.3, 0.4) is 0 Å². The van der Waals surface area contributed by atoms with Gasteiger partial charge in [0.05, 0.1) is 18.4 Å². The van der Waals surface area contributed by atoms with Gasteiger partial charge in [-0.2, -0.15) is 5.10 Å². The van der Waals surface area contributed by atoms with Crippen LogP contribution in [0.2, 0.25) is 5.15 Å². The van der Waals surface area contributed by atoms with E-state index in [0.717, 1.165) is 17.7 Å². The smallest absolute Gasteiger partial charge is 0.132 e. The SMILES string of the molecule is Cc1nn(C)c(Cl)c1COC1CCCC1CN. The van der Waals surface area contributed by atoms with E-state index in [2.05, 4.69) is 5.10 Å². The van der Waals surface area contributed by atoms with Crippen molar-refractivity contribution >= 4 is 11.6 Å². The van der Waals surface area contributed by atoms with Gasteiger partial charge in [0, 0.05) is 12.6 Å². The van der Waals surface area contributed by atoms with E-state index < -0.39 is 0 Å². The highest BCUT2D eigenvalue weighted by Crippen LogP contribution is 2.29. The molecule has 1 aromatic heterocycles. The van der Waals surface area contributed by atoms with Crippen molar-refractivity contribution in [1.82, 2.24) is 9.78 Å². The Hall–Kier alpha value is -0.580. The van der Waals surface area contributed by atoms with Gasteiger partial charge in [-0.25, -0.2) is 0 Å². The molecule has 1 heterocycles. The van der Waals surface area contributed by atoms with E-state index in [1.807, 2.05) is 14.0 Å². The molecule has 2 atom stereocenters. The van der Waals surface area contributed by atoms with Gasteiger partial charge in [-0.05, 0) is 32.2 Å². The average Bonchev–Trinajstić information content (AvgIpc) is 2.84. The van der Waals surface area contributed by atoms with Gasteiger partial charge in [0.1, 0.15) is 5.15 Å². The molecule has 1 aliphatic carbocycles. The average molecular weight is 258 g/mol. The highest BCUT2D eigenvalue weighted by Gasteiger charge is 2.27. The van der Waals surface area contributed by atoms with E-state index in [9.17, 15) is 0 Å². The monoisotopic (exact) mass is 257 g/mol. The van der Waals surface area contributed by atoms with Crippen molar-refractivity contribution in [3.8, 4) is 0 Å². The second-order valence-electron chi connectivity index (χ2n) is 4.75. The Kier molecular flexibility index (Phi) is 4.07. The maximum atomic E-state index is 6.17. The summed E-state index contributed by atoms with van der Waals surface area (Å²) in [5.41, 5.74) is 7.68. The van der Waals surface area contributed by atoms with Crippen LogP contribution in [0, 0.1) is 12.8 Å². The lowest BCUT2D eigenvalue weighted by molar-refractivity contribution is 0.0180. The van der Waals surface area contributed by atoms with Gasteiger partial charge in [0.2, 0.25) is 0 Å². The molecule has 1 fully saturated rings. The molecule has 0 spiro atoms. The van der Waals surface area contributed by atoms with Crippen LogP contribution in [-0.2, 0) is 18.4 Å². The normalized spacial score (nSPS) is 24.5. The third kappa shape index (κ3) is 2.64. The third-order valence-electron chi connectivity index (χ3n) is 3.60. The standard InChI is InChI=1S/C12H20ClN3O/c1-8-10(12(13)16(2)15-8)7-17-11-5-3-4-9(11)6-14/h9,11H,3-7,14H2,1-2H3. The first kappa shape index (κ1) is 12.9. The van der Waals surface area contributed by atoms with Crippen molar-refractivity contribution in [1.29, 1.82) is 0 Å². The van der Waals surface area contributed by atoms with E-state index in [4.69, 9.17) is 22.1 Å². The Morgan fingerprint density at radius 3 is 2.88 bits per heavy atom. The van der Waals surface area contributed by atoms with Crippen LogP contribution in [0.4, 0.5) is 0 Å². The fourth-order valence-electron chi connectivity index (χ4n) is 2.52. The summed E-state index contributed by atoms with van der Waals surface area (Å²) < 4.78 is 7.63. The molecule has 0 saturated heterocycles. The third-order valence-corrected chi connectivity index (χ3v) is 4.08. The Bertz CT molecular complexity index is 391. The van der Waals surface area contributed by atoms with Gasteiger partial charge in [-0.3, -0.25) is 4.68 Å². The molecule has 17 heavy (non-hydrogen) atoms. The van der Waals surface area contributed by atoms with E-state index in [1.165, 1.54) is 12.8 Å². The maximum Gasteiger partial charge on any atom is 0.132 e.